The third-order valence-electron chi connectivity index (χ3n) is 4.22. The maximum atomic E-state index is 12.3. The van der Waals surface area contributed by atoms with Gasteiger partial charge in [0.2, 0.25) is 11.8 Å². The largest absolute Gasteiger partial charge is 0.411 e. The number of thioether (sulfide) groups is 1. The van der Waals surface area contributed by atoms with Gasteiger partial charge in [-0.05, 0) is 44.7 Å². The van der Waals surface area contributed by atoms with E-state index in [1.54, 1.807) is 0 Å². The Labute approximate surface area is 140 Å². The van der Waals surface area contributed by atoms with E-state index >= 15 is 0 Å². The third-order valence-corrected chi connectivity index (χ3v) is 5.03. The molecule has 0 N–H and O–H groups in total. The van der Waals surface area contributed by atoms with E-state index in [9.17, 15) is 4.79 Å². The zero-order valence-corrected chi connectivity index (χ0v) is 14.3. The van der Waals surface area contributed by atoms with E-state index < -0.39 is 0 Å². The minimum atomic E-state index is 0.151. The monoisotopic (exact) mass is 331 g/mol. The van der Waals surface area contributed by atoms with Crippen molar-refractivity contribution in [1.29, 1.82) is 0 Å². The van der Waals surface area contributed by atoms with E-state index in [2.05, 4.69) is 17.1 Å². The van der Waals surface area contributed by atoms with Crippen LogP contribution in [-0.2, 0) is 4.79 Å². The summed E-state index contributed by atoms with van der Waals surface area (Å²) in [6.45, 7) is 4.98. The second-order valence-electron chi connectivity index (χ2n) is 5.91. The van der Waals surface area contributed by atoms with Gasteiger partial charge in [-0.1, -0.05) is 30.0 Å². The maximum Gasteiger partial charge on any atom is 0.277 e. The molecule has 2 heterocycles. The Hall–Kier alpha value is -1.82. The lowest BCUT2D eigenvalue weighted by Gasteiger charge is -2.33. The quantitative estimate of drug-likeness (QED) is 0.802. The minimum Gasteiger partial charge on any atom is -0.411 e. The maximum absolute atomic E-state index is 12.3. The fourth-order valence-electron chi connectivity index (χ4n) is 2.86. The molecule has 1 saturated heterocycles. The summed E-state index contributed by atoms with van der Waals surface area (Å²) in [6, 6.07) is 8.22. The van der Waals surface area contributed by atoms with Gasteiger partial charge >= 0.3 is 0 Å². The Morgan fingerprint density at radius 1 is 1.35 bits per heavy atom. The Bertz CT molecular complexity index is 686. The highest BCUT2D eigenvalue weighted by molar-refractivity contribution is 7.99. The average Bonchev–Trinajstić information content (AvgIpc) is 3.02. The predicted molar refractivity (Wildman–Crippen MR) is 90.2 cm³/mol. The van der Waals surface area contributed by atoms with Crippen LogP contribution in [0.3, 0.4) is 0 Å². The molecule has 6 heteroatoms. The lowest BCUT2D eigenvalue weighted by Crippen LogP contribution is -2.42. The van der Waals surface area contributed by atoms with Crippen molar-refractivity contribution in [2.24, 2.45) is 0 Å². The number of piperidine rings is 1. The van der Waals surface area contributed by atoms with Crippen molar-refractivity contribution in [3.05, 3.63) is 29.8 Å². The highest BCUT2D eigenvalue weighted by Crippen LogP contribution is 2.26. The van der Waals surface area contributed by atoms with E-state index in [1.165, 1.54) is 18.2 Å². The Morgan fingerprint density at radius 3 is 2.96 bits per heavy atom. The minimum absolute atomic E-state index is 0.151. The molecule has 0 aliphatic carbocycles. The molecule has 122 valence electrons. The number of carbonyl (C=O) groups is 1. The van der Waals surface area contributed by atoms with Crippen molar-refractivity contribution >= 4 is 17.7 Å². The van der Waals surface area contributed by atoms with Gasteiger partial charge in [0.15, 0.2) is 0 Å². The highest BCUT2D eigenvalue weighted by atomic mass is 32.2. The molecule has 0 spiro atoms. The summed E-state index contributed by atoms with van der Waals surface area (Å²) >= 11 is 1.31. The van der Waals surface area contributed by atoms with Gasteiger partial charge in [0.05, 0.1) is 5.75 Å². The number of hydrogen-bond acceptors (Lipinski definition) is 5. The molecule has 1 aliphatic rings. The van der Waals surface area contributed by atoms with Crippen LogP contribution in [0.25, 0.3) is 11.5 Å². The first-order valence-electron chi connectivity index (χ1n) is 7.97. The topological polar surface area (TPSA) is 59.2 Å². The summed E-state index contributed by atoms with van der Waals surface area (Å²) < 4.78 is 5.69. The predicted octanol–water partition coefficient (Wildman–Crippen LogP) is 3.54. The number of benzene rings is 1. The molecular formula is C17H21N3O2S. The van der Waals surface area contributed by atoms with Gasteiger partial charge in [0.1, 0.15) is 0 Å². The fraction of sp³-hybridized carbons (Fsp3) is 0.471. The van der Waals surface area contributed by atoms with Gasteiger partial charge in [0.25, 0.3) is 5.22 Å². The first-order chi connectivity index (χ1) is 11.1. The number of aromatic nitrogens is 2. The Morgan fingerprint density at radius 2 is 2.17 bits per heavy atom. The standard InChI is InChI=1S/C17H21N3O2S/c1-12-7-3-4-9-14(12)16-18-19-17(22-16)23-11-15(21)20-10-6-5-8-13(20)2/h3-4,7,9,13H,5-6,8,10-11H2,1-2H3/t13-/m1/s1. The summed E-state index contributed by atoms with van der Waals surface area (Å²) in [7, 11) is 0. The zero-order valence-electron chi connectivity index (χ0n) is 13.5. The molecule has 1 amide bonds. The van der Waals surface area contributed by atoms with Gasteiger partial charge < -0.3 is 9.32 Å². The molecule has 0 saturated carbocycles. The summed E-state index contributed by atoms with van der Waals surface area (Å²) in [5, 5.41) is 8.58. The van der Waals surface area contributed by atoms with Crippen molar-refractivity contribution in [3.8, 4) is 11.5 Å². The lowest BCUT2D eigenvalue weighted by molar-refractivity contribution is -0.131. The normalized spacial score (nSPS) is 18.2. The molecular weight excluding hydrogens is 310 g/mol. The van der Waals surface area contributed by atoms with Crippen LogP contribution in [0, 0.1) is 6.92 Å². The SMILES string of the molecule is Cc1ccccc1-c1nnc(SCC(=O)N2CCCC[C@H]2C)o1. The van der Waals surface area contributed by atoms with Crippen LogP contribution >= 0.6 is 11.8 Å². The number of likely N-dealkylation sites (tertiary alicyclic amines) is 1. The fourth-order valence-corrected chi connectivity index (χ4v) is 3.51. The van der Waals surface area contributed by atoms with Gasteiger partial charge in [-0.25, -0.2) is 0 Å². The van der Waals surface area contributed by atoms with Gasteiger partial charge in [-0.3, -0.25) is 4.79 Å². The van der Waals surface area contributed by atoms with E-state index in [-0.39, 0.29) is 5.91 Å². The molecule has 2 aromatic rings. The molecule has 5 nitrogen and oxygen atoms in total. The van der Waals surface area contributed by atoms with Crippen LogP contribution in [0.4, 0.5) is 0 Å². The van der Waals surface area contributed by atoms with Crippen LogP contribution in [0.2, 0.25) is 0 Å². The molecule has 0 radical (unpaired) electrons. The summed E-state index contributed by atoms with van der Waals surface area (Å²) in [4.78, 5) is 14.3. The Kier molecular flexibility index (Phi) is 5.00. The van der Waals surface area contributed by atoms with Crippen LogP contribution in [0.1, 0.15) is 31.7 Å². The molecule has 0 bridgehead atoms. The average molecular weight is 331 g/mol. The molecule has 1 aromatic heterocycles. The van der Waals surface area contributed by atoms with Crippen molar-refractivity contribution in [2.75, 3.05) is 12.3 Å². The van der Waals surface area contributed by atoms with Crippen LogP contribution in [0.5, 0.6) is 0 Å². The van der Waals surface area contributed by atoms with Crippen LogP contribution in [-0.4, -0.2) is 39.3 Å². The summed E-state index contributed by atoms with van der Waals surface area (Å²) in [5.74, 6) is 1.00. The summed E-state index contributed by atoms with van der Waals surface area (Å²) in [6.07, 6.45) is 3.40. The second-order valence-corrected chi connectivity index (χ2v) is 6.84. The number of aryl methyl sites for hydroxylation is 1. The van der Waals surface area contributed by atoms with Crippen molar-refractivity contribution in [2.45, 2.75) is 44.4 Å². The first-order valence-corrected chi connectivity index (χ1v) is 8.95. The molecule has 1 atom stereocenters. The van der Waals surface area contributed by atoms with Crippen molar-refractivity contribution in [1.82, 2.24) is 15.1 Å². The van der Waals surface area contributed by atoms with Gasteiger partial charge in [-0.2, -0.15) is 0 Å². The van der Waals surface area contributed by atoms with E-state index in [0.717, 1.165) is 30.5 Å². The number of carbonyl (C=O) groups excluding carboxylic acids is 1. The van der Waals surface area contributed by atoms with Crippen LogP contribution < -0.4 is 0 Å². The van der Waals surface area contributed by atoms with E-state index in [1.807, 2.05) is 36.1 Å². The van der Waals surface area contributed by atoms with Crippen LogP contribution in [0.15, 0.2) is 33.9 Å². The van der Waals surface area contributed by atoms with Crippen molar-refractivity contribution < 1.29 is 9.21 Å². The highest BCUT2D eigenvalue weighted by Gasteiger charge is 2.23. The molecule has 1 aliphatic heterocycles. The smallest absolute Gasteiger partial charge is 0.277 e. The van der Waals surface area contributed by atoms with E-state index in [0.29, 0.717) is 22.9 Å². The molecule has 1 fully saturated rings. The van der Waals surface area contributed by atoms with Gasteiger partial charge in [0, 0.05) is 18.2 Å². The molecule has 23 heavy (non-hydrogen) atoms. The number of hydrogen-bond donors (Lipinski definition) is 0. The Balaban J connectivity index is 1.61. The molecule has 1 aromatic carbocycles. The number of rotatable bonds is 4. The number of amides is 1. The zero-order chi connectivity index (χ0) is 16.2. The van der Waals surface area contributed by atoms with E-state index in [4.69, 9.17) is 4.42 Å². The number of nitrogens with zero attached hydrogens (tertiary/aromatic N) is 3. The molecule has 0 unspecified atom stereocenters. The first kappa shape index (κ1) is 16.1. The lowest BCUT2D eigenvalue weighted by atomic mass is 10.0. The van der Waals surface area contributed by atoms with Gasteiger partial charge in [-0.15, -0.1) is 10.2 Å². The summed E-state index contributed by atoms with van der Waals surface area (Å²) in [5.41, 5.74) is 2.02. The molecule has 3 rings (SSSR count). The van der Waals surface area contributed by atoms with Crippen molar-refractivity contribution in [3.63, 3.8) is 0 Å². The third kappa shape index (κ3) is 3.75. The second kappa shape index (κ2) is 7.17.